The largest absolute Gasteiger partial charge is 0.479 e. The Balaban J connectivity index is 2.97. The molecule has 0 amide bonds. The van der Waals surface area contributed by atoms with Crippen molar-refractivity contribution in [2.24, 2.45) is 5.92 Å². The molecule has 3 nitrogen and oxygen atoms in total. The second-order valence-corrected chi connectivity index (χ2v) is 4.81. The van der Waals surface area contributed by atoms with Gasteiger partial charge in [0.15, 0.2) is 5.60 Å². The van der Waals surface area contributed by atoms with Crippen LogP contribution in [0.4, 0.5) is 0 Å². The van der Waals surface area contributed by atoms with Crippen LogP contribution in [0.3, 0.4) is 0 Å². The van der Waals surface area contributed by atoms with E-state index in [1.807, 2.05) is 12.1 Å². The van der Waals surface area contributed by atoms with E-state index in [2.05, 4.69) is 13.8 Å². The van der Waals surface area contributed by atoms with E-state index in [1.54, 1.807) is 19.1 Å². The first-order valence-electron chi connectivity index (χ1n) is 5.95. The number of carboxylic acids is 1. The monoisotopic (exact) mass is 236 g/mol. The number of rotatable bonds is 5. The molecule has 0 saturated heterocycles. The Hall–Kier alpha value is -1.35. The topological polar surface area (TPSA) is 57.5 Å². The van der Waals surface area contributed by atoms with Crippen LogP contribution in [0.25, 0.3) is 0 Å². The van der Waals surface area contributed by atoms with Crippen LogP contribution < -0.4 is 0 Å². The molecule has 1 rings (SSSR count). The van der Waals surface area contributed by atoms with Gasteiger partial charge in [-0.3, -0.25) is 0 Å². The maximum absolute atomic E-state index is 11.1. The van der Waals surface area contributed by atoms with Crippen LogP contribution in [-0.4, -0.2) is 16.2 Å². The van der Waals surface area contributed by atoms with Crippen molar-refractivity contribution in [3.8, 4) is 0 Å². The lowest BCUT2D eigenvalue weighted by atomic mass is 9.90. The molecule has 3 heteroatoms. The minimum absolute atomic E-state index is 0.159. The van der Waals surface area contributed by atoms with Gasteiger partial charge in [0.2, 0.25) is 0 Å². The van der Waals surface area contributed by atoms with E-state index < -0.39 is 11.6 Å². The van der Waals surface area contributed by atoms with Crippen molar-refractivity contribution in [2.75, 3.05) is 0 Å². The third-order valence-electron chi connectivity index (χ3n) is 2.94. The van der Waals surface area contributed by atoms with Gasteiger partial charge in [0, 0.05) is 0 Å². The highest BCUT2D eigenvalue weighted by molar-refractivity contribution is 5.79. The Morgan fingerprint density at radius 1 is 1.29 bits per heavy atom. The minimum atomic E-state index is -1.77. The molecule has 0 fully saturated rings. The van der Waals surface area contributed by atoms with Crippen molar-refractivity contribution in [3.63, 3.8) is 0 Å². The van der Waals surface area contributed by atoms with E-state index >= 15 is 0 Å². The molecule has 0 bridgehead atoms. The molecule has 0 aliphatic heterocycles. The number of benzene rings is 1. The summed E-state index contributed by atoms with van der Waals surface area (Å²) in [5, 5.41) is 19.1. The third-order valence-corrected chi connectivity index (χ3v) is 2.94. The van der Waals surface area contributed by atoms with Gasteiger partial charge in [0.1, 0.15) is 0 Å². The number of hydrogen-bond donors (Lipinski definition) is 2. The Morgan fingerprint density at radius 3 is 2.18 bits per heavy atom. The van der Waals surface area contributed by atoms with Crippen LogP contribution >= 0.6 is 0 Å². The molecule has 0 aromatic heterocycles. The van der Waals surface area contributed by atoms with Crippen molar-refractivity contribution in [3.05, 3.63) is 35.4 Å². The molecule has 0 heterocycles. The lowest BCUT2D eigenvalue weighted by Crippen LogP contribution is -2.34. The standard InChI is InChI=1S/C14H20O3/c1-4-14(17,13(15)16)12-7-5-11(6-8-12)9-10(2)3/h5-8,10,17H,4,9H2,1-3H3,(H,15,16)/t14-/m1/s1. The fraction of sp³-hybridized carbons (Fsp3) is 0.500. The van der Waals surface area contributed by atoms with Crippen molar-refractivity contribution in [1.82, 2.24) is 0 Å². The summed E-state index contributed by atoms with van der Waals surface area (Å²) in [6.45, 7) is 5.93. The highest BCUT2D eigenvalue weighted by Gasteiger charge is 2.35. The van der Waals surface area contributed by atoms with Crippen LogP contribution in [0.5, 0.6) is 0 Å². The van der Waals surface area contributed by atoms with Crippen LogP contribution in [0, 0.1) is 5.92 Å². The first-order chi connectivity index (χ1) is 7.90. The van der Waals surface area contributed by atoms with Crippen molar-refractivity contribution >= 4 is 5.97 Å². The van der Waals surface area contributed by atoms with Crippen LogP contribution in [0.1, 0.15) is 38.3 Å². The zero-order valence-electron chi connectivity index (χ0n) is 10.6. The molecule has 0 saturated carbocycles. The molecule has 94 valence electrons. The summed E-state index contributed by atoms with van der Waals surface area (Å²) in [6.07, 6.45) is 1.11. The molecule has 1 atom stereocenters. The Bertz CT molecular complexity index is 381. The van der Waals surface area contributed by atoms with E-state index in [0.29, 0.717) is 11.5 Å². The normalized spacial score (nSPS) is 14.6. The summed E-state index contributed by atoms with van der Waals surface area (Å²) >= 11 is 0. The van der Waals surface area contributed by atoms with Gasteiger partial charge in [-0.15, -0.1) is 0 Å². The second-order valence-electron chi connectivity index (χ2n) is 4.81. The van der Waals surface area contributed by atoms with Crippen LogP contribution in [0.15, 0.2) is 24.3 Å². The van der Waals surface area contributed by atoms with E-state index in [-0.39, 0.29) is 6.42 Å². The first-order valence-corrected chi connectivity index (χ1v) is 5.95. The molecule has 0 aliphatic carbocycles. The van der Waals surface area contributed by atoms with Crippen LogP contribution in [-0.2, 0) is 16.8 Å². The molecule has 2 N–H and O–H groups in total. The zero-order valence-corrected chi connectivity index (χ0v) is 10.6. The summed E-state index contributed by atoms with van der Waals surface area (Å²) < 4.78 is 0. The van der Waals surface area contributed by atoms with E-state index in [4.69, 9.17) is 5.11 Å². The average molecular weight is 236 g/mol. The molecule has 0 unspecified atom stereocenters. The van der Waals surface area contributed by atoms with E-state index in [9.17, 15) is 9.90 Å². The van der Waals surface area contributed by atoms with Gasteiger partial charge < -0.3 is 10.2 Å². The van der Waals surface area contributed by atoms with E-state index in [1.165, 1.54) is 0 Å². The molecule has 0 spiro atoms. The van der Waals surface area contributed by atoms with Crippen molar-refractivity contribution in [1.29, 1.82) is 0 Å². The van der Waals surface area contributed by atoms with Gasteiger partial charge in [-0.1, -0.05) is 45.0 Å². The summed E-state index contributed by atoms with van der Waals surface area (Å²) in [5.41, 5.74) is -0.163. The fourth-order valence-corrected chi connectivity index (χ4v) is 1.87. The van der Waals surface area contributed by atoms with Gasteiger partial charge in [0.25, 0.3) is 0 Å². The maximum Gasteiger partial charge on any atom is 0.340 e. The molecular formula is C14H20O3. The predicted molar refractivity (Wildman–Crippen MR) is 66.8 cm³/mol. The van der Waals surface area contributed by atoms with Crippen molar-refractivity contribution < 1.29 is 15.0 Å². The van der Waals surface area contributed by atoms with Gasteiger partial charge in [-0.05, 0) is 29.9 Å². The van der Waals surface area contributed by atoms with Gasteiger partial charge in [0.05, 0.1) is 0 Å². The number of aliphatic hydroxyl groups is 1. The maximum atomic E-state index is 11.1. The zero-order chi connectivity index (χ0) is 13.1. The van der Waals surface area contributed by atoms with Crippen molar-refractivity contribution in [2.45, 2.75) is 39.2 Å². The Labute approximate surface area is 102 Å². The molecule has 0 radical (unpaired) electrons. The summed E-state index contributed by atoms with van der Waals surface area (Å²) in [5.74, 6) is -0.637. The SMILES string of the molecule is CC[C@](O)(C(=O)O)c1ccc(CC(C)C)cc1. The lowest BCUT2D eigenvalue weighted by molar-refractivity contribution is -0.160. The smallest absolute Gasteiger partial charge is 0.340 e. The quantitative estimate of drug-likeness (QED) is 0.826. The molecule has 1 aromatic carbocycles. The summed E-state index contributed by atoms with van der Waals surface area (Å²) in [4.78, 5) is 11.1. The predicted octanol–water partition coefficient (Wildman–Crippen LogP) is 2.57. The number of carboxylic acid groups (broad SMARTS) is 1. The summed E-state index contributed by atoms with van der Waals surface area (Å²) in [6, 6.07) is 7.18. The second kappa shape index (κ2) is 5.32. The highest BCUT2D eigenvalue weighted by Crippen LogP contribution is 2.25. The number of hydrogen-bond acceptors (Lipinski definition) is 2. The summed E-state index contributed by atoms with van der Waals surface area (Å²) in [7, 11) is 0. The molecule has 0 aliphatic rings. The molecular weight excluding hydrogens is 216 g/mol. The van der Waals surface area contributed by atoms with Gasteiger partial charge >= 0.3 is 5.97 Å². The highest BCUT2D eigenvalue weighted by atomic mass is 16.4. The number of aliphatic carboxylic acids is 1. The molecule has 1 aromatic rings. The third kappa shape index (κ3) is 3.07. The number of carbonyl (C=O) groups is 1. The van der Waals surface area contributed by atoms with E-state index in [0.717, 1.165) is 12.0 Å². The lowest BCUT2D eigenvalue weighted by Gasteiger charge is -2.22. The minimum Gasteiger partial charge on any atom is -0.479 e. The average Bonchev–Trinajstić information content (AvgIpc) is 2.28. The first kappa shape index (κ1) is 13.7. The van der Waals surface area contributed by atoms with Gasteiger partial charge in [-0.2, -0.15) is 0 Å². The Morgan fingerprint density at radius 2 is 1.82 bits per heavy atom. The fourth-order valence-electron chi connectivity index (χ4n) is 1.87. The van der Waals surface area contributed by atoms with Crippen LogP contribution in [0.2, 0.25) is 0 Å². The Kier molecular flexibility index (Phi) is 4.29. The van der Waals surface area contributed by atoms with Gasteiger partial charge in [-0.25, -0.2) is 4.79 Å². The molecule has 17 heavy (non-hydrogen) atoms.